The molecule has 11 atom stereocenters. The second-order valence-corrected chi connectivity index (χ2v) is 15.8. The lowest BCUT2D eigenvalue weighted by Gasteiger charge is -2.54. The molecule has 3 saturated carbocycles. The molecule has 0 aromatic carbocycles. The highest BCUT2D eigenvalue weighted by Crippen LogP contribution is 2.65. The SMILES string of the molecule is CC1=C2C[C@@H]3[C@@H](CC[C@@H]4CC(NS(C)(=O)=O)CC[C@@]43C)[C@H]2CCC2(C1)O[C@@H]1C[C@@H](C)CN[C@@H]1[C@H]2C. The van der Waals surface area contributed by atoms with Crippen molar-refractivity contribution in [1.82, 2.24) is 10.0 Å². The predicted octanol–water partition coefficient (Wildman–Crippen LogP) is 5.03. The molecular formula is C29H48N2O3S. The van der Waals surface area contributed by atoms with Crippen molar-refractivity contribution in [2.24, 2.45) is 40.9 Å². The fourth-order valence-corrected chi connectivity index (χ4v) is 11.1. The molecule has 0 bridgehead atoms. The highest BCUT2D eigenvalue weighted by atomic mass is 32.2. The van der Waals surface area contributed by atoms with Crippen molar-refractivity contribution >= 4 is 10.0 Å². The van der Waals surface area contributed by atoms with Gasteiger partial charge in [-0.25, -0.2) is 13.1 Å². The summed E-state index contributed by atoms with van der Waals surface area (Å²) in [5.74, 6) is 4.28. The van der Waals surface area contributed by atoms with E-state index in [0.29, 0.717) is 35.3 Å². The van der Waals surface area contributed by atoms with Crippen LogP contribution in [0, 0.1) is 40.9 Å². The molecule has 6 aliphatic rings. The third-order valence-electron chi connectivity index (χ3n) is 12.0. The number of rotatable bonds is 2. The van der Waals surface area contributed by atoms with Gasteiger partial charge in [-0.1, -0.05) is 31.9 Å². The van der Waals surface area contributed by atoms with Gasteiger partial charge in [-0.15, -0.1) is 0 Å². The van der Waals surface area contributed by atoms with Crippen LogP contribution in [0.4, 0.5) is 0 Å². The Labute approximate surface area is 213 Å². The molecule has 0 aromatic heterocycles. The van der Waals surface area contributed by atoms with Gasteiger partial charge in [0.05, 0.1) is 18.0 Å². The van der Waals surface area contributed by atoms with E-state index in [1.807, 2.05) is 0 Å². The van der Waals surface area contributed by atoms with E-state index in [-0.39, 0.29) is 11.6 Å². The second kappa shape index (κ2) is 8.54. The Bertz CT molecular complexity index is 994. The number of nitrogens with one attached hydrogen (secondary N) is 2. The molecule has 0 radical (unpaired) electrons. The fraction of sp³-hybridized carbons (Fsp3) is 0.931. The van der Waals surface area contributed by atoms with Gasteiger partial charge in [0.1, 0.15) is 0 Å². The number of ether oxygens (including phenoxy) is 1. The molecule has 2 saturated heterocycles. The van der Waals surface area contributed by atoms with E-state index in [4.69, 9.17) is 4.74 Å². The molecule has 2 aliphatic heterocycles. The smallest absolute Gasteiger partial charge is 0.208 e. The summed E-state index contributed by atoms with van der Waals surface area (Å²) >= 11 is 0. The van der Waals surface area contributed by atoms with Gasteiger partial charge in [0.15, 0.2) is 0 Å². The van der Waals surface area contributed by atoms with Crippen molar-refractivity contribution in [2.45, 2.75) is 116 Å². The highest BCUT2D eigenvalue weighted by molar-refractivity contribution is 7.88. The van der Waals surface area contributed by atoms with E-state index >= 15 is 0 Å². The van der Waals surface area contributed by atoms with Crippen molar-refractivity contribution < 1.29 is 13.2 Å². The van der Waals surface area contributed by atoms with Crippen LogP contribution in [0.5, 0.6) is 0 Å². The molecule has 2 N–H and O–H groups in total. The topological polar surface area (TPSA) is 67.4 Å². The van der Waals surface area contributed by atoms with Crippen molar-refractivity contribution in [2.75, 3.05) is 12.8 Å². The summed E-state index contributed by atoms with van der Waals surface area (Å²) < 4.78 is 33.7. The van der Waals surface area contributed by atoms with Gasteiger partial charge in [-0.2, -0.15) is 0 Å². The maximum atomic E-state index is 11.9. The molecule has 35 heavy (non-hydrogen) atoms. The second-order valence-electron chi connectivity index (χ2n) is 14.0. The number of allylic oxidation sites excluding steroid dienone is 1. The maximum Gasteiger partial charge on any atom is 0.208 e. The maximum absolute atomic E-state index is 11.9. The van der Waals surface area contributed by atoms with Gasteiger partial charge in [-0.05, 0) is 113 Å². The normalized spacial score (nSPS) is 52.0. The largest absolute Gasteiger partial charge is 0.369 e. The first-order valence-corrected chi connectivity index (χ1v) is 16.5. The zero-order valence-electron chi connectivity index (χ0n) is 22.6. The van der Waals surface area contributed by atoms with E-state index in [1.165, 1.54) is 51.2 Å². The van der Waals surface area contributed by atoms with Crippen molar-refractivity contribution in [3.05, 3.63) is 11.1 Å². The standard InChI is InChI=1S/C29H48N2O3S/c1-17-12-26-27(30-16-17)19(3)29(34-26)11-9-22-23-7-6-20-13-21(31-35(5,32)33)8-10-28(20,4)25(23)14-24(22)18(2)15-29/h17,19-23,25-27,30-31H,6-16H2,1-5H3/t17-,19-,20-,21?,22-,23+,25-,26-,27-,28+,29?/m1/s1. The molecule has 6 rings (SSSR count). The molecule has 5 nitrogen and oxygen atoms in total. The minimum absolute atomic E-state index is 0.0276. The quantitative estimate of drug-likeness (QED) is 0.518. The van der Waals surface area contributed by atoms with Crippen LogP contribution >= 0.6 is 0 Å². The Hall–Kier alpha value is -0.430. The van der Waals surface area contributed by atoms with Gasteiger partial charge < -0.3 is 10.1 Å². The van der Waals surface area contributed by atoms with Gasteiger partial charge in [0.25, 0.3) is 0 Å². The van der Waals surface area contributed by atoms with Gasteiger partial charge >= 0.3 is 0 Å². The van der Waals surface area contributed by atoms with Crippen LogP contribution in [0.1, 0.15) is 91.9 Å². The van der Waals surface area contributed by atoms with Crippen LogP contribution in [0.3, 0.4) is 0 Å². The zero-order valence-corrected chi connectivity index (χ0v) is 23.4. The summed E-state index contributed by atoms with van der Waals surface area (Å²) in [6.07, 6.45) is 13.6. The number of piperidine rings is 1. The number of hydrogen-bond acceptors (Lipinski definition) is 4. The van der Waals surface area contributed by atoms with Crippen LogP contribution in [-0.4, -0.2) is 45.0 Å². The lowest BCUT2D eigenvalue weighted by Crippen LogP contribution is -2.50. The average molecular weight is 505 g/mol. The van der Waals surface area contributed by atoms with Crippen molar-refractivity contribution in [3.63, 3.8) is 0 Å². The van der Waals surface area contributed by atoms with E-state index < -0.39 is 10.0 Å². The van der Waals surface area contributed by atoms with Gasteiger partial charge in [0, 0.05) is 18.0 Å². The molecule has 2 unspecified atom stereocenters. The molecule has 198 valence electrons. The lowest BCUT2D eigenvalue weighted by molar-refractivity contribution is -0.0746. The highest BCUT2D eigenvalue weighted by Gasteiger charge is 2.59. The molecule has 4 aliphatic carbocycles. The molecular weight excluding hydrogens is 456 g/mol. The molecule has 2 heterocycles. The Morgan fingerprint density at radius 1 is 1.09 bits per heavy atom. The van der Waals surface area contributed by atoms with Crippen LogP contribution in [0.2, 0.25) is 0 Å². The minimum Gasteiger partial charge on any atom is -0.369 e. The predicted molar refractivity (Wildman–Crippen MR) is 140 cm³/mol. The summed E-state index contributed by atoms with van der Waals surface area (Å²) in [6, 6.07) is 0.660. The van der Waals surface area contributed by atoms with Crippen LogP contribution < -0.4 is 10.0 Å². The summed E-state index contributed by atoms with van der Waals surface area (Å²) in [5.41, 5.74) is 3.83. The van der Waals surface area contributed by atoms with Crippen LogP contribution in [0.25, 0.3) is 0 Å². The Balaban J connectivity index is 1.22. The third-order valence-corrected chi connectivity index (χ3v) is 12.8. The first kappa shape index (κ1) is 24.9. The van der Waals surface area contributed by atoms with E-state index in [0.717, 1.165) is 43.6 Å². The van der Waals surface area contributed by atoms with E-state index in [9.17, 15) is 8.42 Å². The average Bonchev–Trinajstić information content (AvgIpc) is 3.23. The Morgan fingerprint density at radius 2 is 1.89 bits per heavy atom. The van der Waals surface area contributed by atoms with Gasteiger partial charge in [-0.3, -0.25) is 0 Å². The summed E-state index contributed by atoms with van der Waals surface area (Å²) in [6.45, 7) is 11.0. The number of fused-ring (bicyclic) bond motifs is 6. The summed E-state index contributed by atoms with van der Waals surface area (Å²) in [5, 5.41) is 3.85. The van der Waals surface area contributed by atoms with Crippen LogP contribution in [0.15, 0.2) is 11.1 Å². The van der Waals surface area contributed by atoms with E-state index in [1.54, 1.807) is 11.1 Å². The molecule has 0 amide bonds. The summed E-state index contributed by atoms with van der Waals surface area (Å²) in [4.78, 5) is 0. The molecule has 5 fully saturated rings. The molecule has 1 spiro atoms. The Kier molecular flexibility index (Phi) is 6.07. The monoisotopic (exact) mass is 504 g/mol. The van der Waals surface area contributed by atoms with Crippen LogP contribution in [-0.2, 0) is 14.8 Å². The van der Waals surface area contributed by atoms with E-state index in [2.05, 4.69) is 37.7 Å². The minimum atomic E-state index is -3.13. The number of sulfonamides is 1. The summed E-state index contributed by atoms with van der Waals surface area (Å²) in [7, 11) is -3.13. The first-order chi connectivity index (χ1) is 16.5. The zero-order chi connectivity index (χ0) is 24.8. The Morgan fingerprint density at radius 3 is 2.66 bits per heavy atom. The lowest BCUT2D eigenvalue weighted by atomic mass is 9.52. The van der Waals surface area contributed by atoms with Gasteiger partial charge in [0.2, 0.25) is 10.0 Å². The first-order valence-electron chi connectivity index (χ1n) is 14.6. The molecule has 6 heteroatoms. The fourth-order valence-electron chi connectivity index (χ4n) is 10.2. The number of hydrogen-bond donors (Lipinski definition) is 2. The third kappa shape index (κ3) is 4.08. The molecule has 0 aromatic rings. The van der Waals surface area contributed by atoms with Crippen molar-refractivity contribution in [1.29, 1.82) is 0 Å². The van der Waals surface area contributed by atoms with Crippen molar-refractivity contribution in [3.8, 4) is 0 Å².